The number of aromatic nitrogens is 1. The third-order valence-corrected chi connectivity index (χ3v) is 4.26. The molecule has 0 fully saturated rings. The number of hydrazine groups is 2. The maximum atomic E-state index is 4.72. The van der Waals surface area contributed by atoms with Crippen LogP contribution < -0.4 is 10.1 Å². The standard InChI is InChI=1S/C17H15N5S.BrH/c1-20-19-16(14-8-4-2-5-9-14)21(15-10-6-3-7-11-15)22(20)17-18-12-13-23-17;/h2-13H,1H3;1H. The average molecular weight is 402 g/mol. The molecule has 0 saturated heterocycles. The van der Waals surface area contributed by atoms with Crippen molar-refractivity contribution in [1.82, 2.24) is 10.1 Å². The number of anilines is 2. The van der Waals surface area contributed by atoms with Gasteiger partial charge in [0.25, 0.3) is 0 Å². The first-order valence-electron chi connectivity index (χ1n) is 7.27. The molecule has 0 bridgehead atoms. The van der Waals surface area contributed by atoms with E-state index < -0.39 is 0 Å². The Hall–Kier alpha value is -2.38. The molecule has 1 aromatic heterocycles. The number of nitrogens with zero attached hydrogens (tertiary/aromatic N) is 5. The number of hydrogen-bond donors (Lipinski definition) is 0. The lowest BCUT2D eigenvalue weighted by Crippen LogP contribution is -2.47. The maximum Gasteiger partial charge on any atom is 0.227 e. The molecule has 2 aromatic carbocycles. The second-order valence-electron chi connectivity index (χ2n) is 5.03. The Morgan fingerprint density at radius 2 is 1.58 bits per heavy atom. The summed E-state index contributed by atoms with van der Waals surface area (Å²) in [7, 11) is 1.92. The summed E-state index contributed by atoms with van der Waals surface area (Å²) in [5.74, 6) is 0.870. The Bertz CT molecular complexity index is 808. The minimum Gasteiger partial charge on any atom is -0.226 e. The van der Waals surface area contributed by atoms with E-state index in [1.165, 1.54) is 0 Å². The summed E-state index contributed by atoms with van der Waals surface area (Å²) in [5.41, 5.74) is 2.09. The highest BCUT2D eigenvalue weighted by atomic mass is 79.9. The Balaban J connectivity index is 0.00000169. The summed E-state index contributed by atoms with van der Waals surface area (Å²) in [6.07, 6.45) is 1.80. The number of para-hydroxylation sites is 1. The lowest BCUT2D eigenvalue weighted by molar-refractivity contribution is 0.351. The monoisotopic (exact) mass is 401 g/mol. The molecule has 2 heterocycles. The van der Waals surface area contributed by atoms with Crippen LogP contribution in [0.1, 0.15) is 5.56 Å². The summed E-state index contributed by atoms with van der Waals surface area (Å²) in [6.45, 7) is 0. The molecule has 0 radical (unpaired) electrons. The van der Waals surface area contributed by atoms with Gasteiger partial charge in [-0.05, 0) is 12.1 Å². The molecule has 0 atom stereocenters. The van der Waals surface area contributed by atoms with Gasteiger partial charge < -0.3 is 0 Å². The van der Waals surface area contributed by atoms with Gasteiger partial charge in [-0.1, -0.05) is 48.5 Å². The van der Waals surface area contributed by atoms with Crippen molar-refractivity contribution in [3.63, 3.8) is 0 Å². The second-order valence-corrected chi connectivity index (χ2v) is 5.90. The van der Waals surface area contributed by atoms with Crippen molar-refractivity contribution in [3.8, 4) is 0 Å². The topological polar surface area (TPSA) is 35.0 Å². The van der Waals surface area contributed by atoms with E-state index >= 15 is 0 Å². The summed E-state index contributed by atoms with van der Waals surface area (Å²) >= 11 is 1.58. The molecule has 7 heteroatoms. The zero-order chi connectivity index (χ0) is 15.6. The molecule has 4 rings (SSSR count). The van der Waals surface area contributed by atoms with E-state index in [0.717, 1.165) is 22.2 Å². The van der Waals surface area contributed by atoms with Crippen molar-refractivity contribution in [3.05, 3.63) is 77.8 Å². The fourth-order valence-corrected chi connectivity index (χ4v) is 3.19. The Kier molecular flexibility index (Phi) is 4.82. The van der Waals surface area contributed by atoms with E-state index in [4.69, 9.17) is 5.10 Å². The smallest absolute Gasteiger partial charge is 0.226 e. The lowest BCUT2D eigenvalue weighted by Gasteiger charge is -2.32. The van der Waals surface area contributed by atoms with Gasteiger partial charge in [0.05, 0.1) is 5.69 Å². The van der Waals surface area contributed by atoms with Crippen LogP contribution in [0.2, 0.25) is 0 Å². The minimum absolute atomic E-state index is 0. The van der Waals surface area contributed by atoms with Crippen LogP contribution in [0.4, 0.5) is 10.8 Å². The molecule has 5 nitrogen and oxygen atoms in total. The van der Waals surface area contributed by atoms with Gasteiger partial charge in [-0.3, -0.25) is 0 Å². The zero-order valence-electron chi connectivity index (χ0n) is 13.0. The van der Waals surface area contributed by atoms with E-state index in [2.05, 4.69) is 34.3 Å². The SMILES string of the molecule is Br.CN1N=C(c2ccccc2)N(c2ccccc2)N1c1nccs1. The van der Waals surface area contributed by atoms with E-state index in [9.17, 15) is 0 Å². The summed E-state index contributed by atoms with van der Waals surface area (Å²) < 4.78 is 0. The highest BCUT2D eigenvalue weighted by Crippen LogP contribution is 2.31. The first-order chi connectivity index (χ1) is 11.3. The van der Waals surface area contributed by atoms with E-state index in [0.29, 0.717) is 0 Å². The van der Waals surface area contributed by atoms with Crippen molar-refractivity contribution in [1.29, 1.82) is 0 Å². The first kappa shape index (κ1) is 16.5. The van der Waals surface area contributed by atoms with Gasteiger partial charge in [0, 0.05) is 24.2 Å². The molecule has 0 unspecified atom stereocenters. The number of benzene rings is 2. The van der Waals surface area contributed by atoms with Gasteiger partial charge in [0.1, 0.15) is 0 Å². The number of amidine groups is 1. The van der Waals surface area contributed by atoms with Gasteiger partial charge in [0.2, 0.25) is 5.13 Å². The lowest BCUT2D eigenvalue weighted by atomic mass is 10.2. The van der Waals surface area contributed by atoms with E-state index in [1.54, 1.807) is 17.5 Å². The Labute approximate surface area is 155 Å². The third kappa shape index (κ3) is 2.88. The van der Waals surface area contributed by atoms with Crippen molar-refractivity contribution < 1.29 is 0 Å². The molecule has 0 aliphatic carbocycles. The number of hydrogen-bond acceptors (Lipinski definition) is 6. The quantitative estimate of drug-likeness (QED) is 0.659. The molecule has 0 amide bonds. The van der Waals surface area contributed by atoms with Crippen molar-refractivity contribution in [2.24, 2.45) is 5.10 Å². The van der Waals surface area contributed by atoms with Crippen LogP contribution in [0.3, 0.4) is 0 Å². The van der Waals surface area contributed by atoms with Crippen molar-refractivity contribution in [2.45, 2.75) is 0 Å². The summed E-state index contributed by atoms with van der Waals surface area (Å²) in [4.78, 5) is 4.44. The molecule has 1 aliphatic heterocycles. The molecule has 0 saturated carbocycles. The van der Waals surface area contributed by atoms with Crippen LogP contribution in [-0.2, 0) is 0 Å². The molecule has 0 N–H and O–H groups in total. The second kappa shape index (κ2) is 7.02. The largest absolute Gasteiger partial charge is 0.227 e. The van der Waals surface area contributed by atoms with Gasteiger partial charge in [-0.15, -0.1) is 38.5 Å². The molecule has 1 aliphatic rings. The van der Waals surface area contributed by atoms with E-state index in [1.807, 2.05) is 59.1 Å². The van der Waals surface area contributed by atoms with Crippen LogP contribution in [0, 0.1) is 0 Å². The number of rotatable bonds is 3. The van der Waals surface area contributed by atoms with Crippen LogP contribution in [0.25, 0.3) is 0 Å². The van der Waals surface area contributed by atoms with Gasteiger partial charge in [-0.25, -0.2) is 9.99 Å². The molecule has 0 spiro atoms. The van der Waals surface area contributed by atoms with Crippen LogP contribution in [0.15, 0.2) is 77.3 Å². The molecular formula is C17H16BrN5S. The predicted octanol–water partition coefficient (Wildman–Crippen LogP) is 4.17. The molecular weight excluding hydrogens is 386 g/mol. The molecule has 3 aromatic rings. The fourth-order valence-electron chi connectivity index (χ4n) is 2.53. The fraction of sp³-hybridized carbons (Fsp3) is 0.0588. The number of thiazole rings is 1. The van der Waals surface area contributed by atoms with Crippen LogP contribution >= 0.6 is 28.3 Å². The summed E-state index contributed by atoms with van der Waals surface area (Å²) in [5, 5.41) is 13.4. The molecule has 122 valence electrons. The minimum atomic E-state index is 0. The van der Waals surface area contributed by atoms with Gasteiger partial charge in [-0.2, -0.15) is 5.12 Å². The summed E-state index contributed by atoms with van der Waals surface area (Å²) in [6, 6.07) is 20.4. The molecule has 24 heavy (non-hydrogen) atoms. The van der Waals surface area contributed by atoms with Gasteiger partial charge in [0.15, 0.2) is 5.84 Å². The van der Waals surface area contributed by atoms with Crippen LogP contribution in [0.5, 0.6) is 0 Å². The first-order valence-corrected chi connectivity index (χ1v) is 8.15. The highest BCUT2D eigenvalue weighted by Gasteiger charge is 2.34. The van der Waals surface area contributed by atoms with Crippen LogP contribution in [-0.4, -0.2) is 23.0 Å². The third-order valence-electron chi connectivity index (χ3n) is 3.53. The maximum absolute atomic E-state index is 4.72. The van der Waals surface area contributed by atoms with Gasteiger partial charge >= 0.3 is 0 Å². The number of halogens is 1. The Morgan fingerprint density at radius 3 is 2.21 bits per heavy atom. The Morgan fingerprint density at radius 1 is 0.917 bits per heavy atom. The van der Waals surface area contributed by atoms with Crippen molar-refractivity contribution >= 4 is 45.0 Å². The normalized spacial score (nSPS) is 13.7. The average Bonchev–Trinajstić information content (AvgIpc) is 3.23. The zero-order valence-corrected chi connectivity index (χ0v) is 15.5. The predicted molar refractivity (Wildman–Crippen MR) is 105 cm³/mol. The van der Waals surface area contributed by atoms with E-state index in [-0.39, 0.29) is 17.0 Å². The number of hydrazone groups is 1. The van der Waals surface area contributed by atoms with Crippen molar-refractivity contribution in [2.75, 3.05) is 17.2 Å². The highest BCUT2D eigenvalue weighted by molar-refractivity contribution is 8.93.